The predicted molar refractivity (Wildman–Crippen MR) is 95.5 cm³/mol. The van der Waals surface area contributed by atoms with Crippen LogP contribution in [0.1, 0.15) is 13.8 Å². The van der Waals surface area contributed by atoms with Crippen LogP contribution >= 0.6 is 0 Å². The number of rotatable bonds is 14. The Labute approximate surface area is 151 Å². The smallest absolute Gasteiger partial charge is 0.224 e. The van der Waals surface area contributed by atoms with Gasteiger partial charge in [0.15, 0.2) is 0 Å². The van der Waals surface area contributed by atoms with Crippen LogP contribution in [-0.4, -0.2) is 78.6 Å². The first-order valence-electron chi connectivity index (χ1n) is 8.00. The summed E-state index contributed by atoms with van der Waals surface area (Å²) in [6.07, 6.45) is 0.827. The third kappa shape index (κ3) is 4.68. The normalized spacial score (nSPS) is 17.6. The first kappa shape index (κ1) is 24.2. The lowest BCUT2D eigenvalue weighted by molar-refractivity contribution is -0.341. The highest BCUT2D eigenvalue weighted by molar-refractivity contribution is 5.03. The summed E-state index contributed by atoms with van der Waals surface area (Å²) >= 11 is 0. The van der Waals surface area contributed by atoms with E-state index in [1.165, 1.54) is 28.4 Å². The summed E-state index contributed by atoms with van der Waals surface area (Å²) in [7, 11) is 9.17. The Hall–Kier alpha value is -0.800. The average Bonchev–Trinajstić information content (AvgIpc) is 2.66. The zero-order valence-electron chi connectivity index (χ0n) is 16.7. The van der Waals surface area contributed by atoms with Gasteiger partial charge in [-0.2, -0.15) is 0 Å². The fraction of sp³-hybridized carbons (Fsp3) is 0.778. The number of methoxy groups -OCH3 is 6. The van der Waals surface area contributed by atoms with Crippen molar-refractivity contribution in [3.63, 3.8) is 0 Å². The molecule has 0 saturated heterocycles. The monoisotopic (exact) mass is 362 g/mol. The van der Waals surface area contributed by atoms with Gasteiger partial charge in [0.2, 0.25) is 11.6 Å². The summed E-state index contributed by atoms with van der Waals surface area (Å²) in [6.45, 7) is 11.3. The second kappa shape index (κ2) is 11.0. The Morgan fingerprint density at radius 2 is 0.920 bits per heavy atom. The maximum absolute atomic E-state index is 6.19. The van der Waals surface area contributed by atoms with Gasteiger partial charge in [0, 0.05) is 42.7 Å². The minimum Gasteiger partial charge on any atom is -0.376 e. The first-order chi connectivity index (χ1) is 11.8. The third-order valence-electron chi connectivity index (χ3n) is 4.63. The van der Waals surface area contributed by atoms with Crippen LogP contribution < -0.4 is 0 Å². The van der Waals surface area contributed by atoms with Gasteiger partial charge in [-0.25, -0.2) is 0 Å². The molecular formula is C18H34O7. The summed E-state index contributed by atoms with van der Waals surface area (Å²) in [4.78, 5) is 0. The Morgan fingerprint density at radius 1 is 0.640 bits per heavy atom. The summed E-state index contributed by atoms with van der Waals surface area (Å²) in [5, 5.41) is 0. The van der Waals surface area contributed by atoms with Crippen molar-refractivity contribution in [3.8, 4) is 0 Å². The number of hydrogen-bond acceptors (Lipinski definition) is 7. The SMILES string of the molecule is C=CC(OC(C=C)C(OC)(OC)C(C)OC)C(OC)(OC)C(C)OC. The predicted octanol–water partition coefficient (Wildman–Crippen LogP) is 2.16. The Kier molecular flexibility index (Phi) is 10.7. The van der Waals surface area contributed by atoms with Gasteiger partial charge < -0.3 is 33.2 Å². The molecule has 25 heavy (non-hydrogen) atoms. The quantitative estimate of drug-likeness (QED) is 0.346. The second-order valence-corrected chi connectivity index (χ2v) is 5.46. The molecule has 0 aromatic rings. The summed E-state index contributed by atoms with van der Waals surface area (Å²) in [5.74, 6) is -2.44. The lowest BCUT2D eigenvalue weighted by atomic mass is 10.00. The molecule has 0 heterocycles. The van der Waals surface area contributed by atoms with Crippen LogP contribution in [-0.2, 0) is 33.2 Å². The molecule has 0 N–H and O–H groups in total. The molecule has 0 saturated carbocycles. The number of ether oxygens (including phenoxy) is 7. The van der Waals surface area contributed by atoms with Crippen molar-refractivity contribution in [2.24, 2.45) is 0 Å². The van der Waals surface area contributed by atoms with Crippen molar-refractivity contribution >= 4 is 0 Å². The van der Waals surface area contributed by atoms with E-state index >= 15 is 0 Å². The van der Waals surface area contributed by atoms with Crippen molar-refractivity contribution < 1.29 is 33.2 Å². The molecule has 4 unspecified atom stereocenters. The van der Waals surface area contributed by atoms with Crippen LogP contribution in [0.15, 0.2) is 25.3 Å². The molecule has 0 aliphatic carbocycles. The molecule has 7 nitrogen and oxygen atoms in total. The van der Waals surface area contributed by atoms with Crippen molar-refractivity contribution in [2.75, 3.05) is 42.7 Å². The van der Waals surface area contributed by atoms with Crippen molar-refractivity contribution in [2.45, 2.75) is 49.8 Å². The Morgan fingerprint density at radius 3 is 1.08 bits per heavy atom. The molecule has 0 amide bonds. The molecule has 0 aromatic carbocycles. The van der Waals surface area contributed by atoms with Crippen LogP contribution in [0.3, 0.4) is 0 Å². The lowest BCUT2D eigenvalue weighted by Crippen LogP contribution is -2.60. The number of hydrogen-bond donors (Lipinski definition) is 0. The van der Waals surface area contributed by atoms with E-state index in [1.54, 1.807) is 26.4 Å². The molecular weight excluding hydrogens is 328 g/mol. The van der Waals surface area contributed by atoms with E-state index in [0.29, 0.717) is 0 Å². The highest BCUT2D eigenvalue weighted by Gasteiger charge is 2.51. The zero-order valence-corrected chi connectivity index (χ0v) is 16.7. The van der Waals surface area contributed by atoms with Gasteiger partial charge in [-0.15, -0.1) is 13.2 Å². The molecule has 0 spiro atoms. The maximum atomic E-state index is 6.19. The molecule has 0 aliphatic heterocycles. The largest absolute Gasteiger partial charge is 0.376 e. The van der Waals surface area contributed by atoms with Crippen molar-refractivity contribution in [1.29, 1.82) is 0 Å². The van der Waals surface area contributed by atoms with Gasteiger partial charge >= 0.3 is 0 Å². The van der Waals surface area contributed by atoms with E-state index < -0.39 is 36.0 Å². The summed E-state index contributed by atoms with van der Waals surface area (Å²) in [5.41, 5.74) is 0. The highest BCUT2D eigenvalue weighted by atomic mass is 16.7. The van der Waals surface area contributed by atoms with Crippen LogP contribution in [0.5, 0.6) is 0 Å². The van der Waals surface area contributed by atoms with Gasteiger partial charge in [0.05, 0.1) is 0 Å². The van der Waals surface area contributed by atoms with E-state index in [1.807, 2.05) is 13.8 Å². The van der Waals surface area contributed by atoms with E-state index in [0.717, 1.165) is 0 Å². The van der Waals surface area contributed by atoms with Crippen molar-refractivity contribution in [1.82, 2.24) is 0 Å². The molecule has 0 radical (unpaired) electrons. The fourth-order valence-electron chi connectivity index (χ4n) is 2.87. The molecule has 148 valence electrons. The van der Waals surface area contributed by atoms with E-state index in [2.05, 4.69) is 13.2 Å². The fourth-order valence-corrected chi connectivity index (χ4v) is 2.87. The van der Waals surface area contributed by atoms with Gasteiger partial charge in [-0.3, -0.25) is 0 Å². The molecule has 4 atom stereocenters. The molecule has 0 rings (SSSR count). The zero-order chi connectivity index (χ0) is 19.7. The molecule has 0 aliphatic rings. The van der Waals surface area contributed by atoms with Crippen LogP contribution in [0, 0.1) is 0 Å². The van der Waals surface area contributed by atoms with Gasteiger partial charge in [0.25, 0.3) is 0 Å². The van der Waals surface area contributed by atoms with Crippen LogP contribution in [0.2, 0.25) is 0 Å². The summed E-state index contributed by atoms with van der Waals surface area (Å²) < 4.78 is 39.5. The standard InChI is InChI=1S/C18H34O7/c1-11-15(17(21-7,22-8)13(3)19-5)25-16(12-2)18(23-9,24-10)14(4)20-6/h11-16H,1-2H2,3-10H3. The second-order valence-electron chi connectivity index (χ2n) is 5.46. The Balaban J connectivity index is 5.90. The molecule has 0 aromatic heterocycles. The van der Waals surface area contributed by atoms with Gasteiger partial charge in [-0.1, -0.05) is 12.2 Å². The average molecular weight is 362 g/mol. The molecule has 0 fully saturated rings. The van der Waals surface area contributed by atoms with Crippen LogP contribution in [0.4, 0.5) is 0 Å². The Bertz CT molecular complexity index is 355. The maximum Gasteiger partial charge on any atom is 0.224 e. The topological polar surface area (TPSA) is 64.6 Å². The van der Waals surface area contributed by atoms with Crippen molar-refractivity contribution in [3.05, 3.63) is 25.3 Å². The first-order valence-corrected chi connectivity index (χ1v) is 8.00. The van der Waals surface area contributed by atoms with E-state index in [9.17, 15) is 0 Å². The highest BCUT2D eigenvalue weighted by Crippen LogP contribution is 2.33. The van der Waals surface area contributed by atoms with E-state index in [-0.39, 0.29) is 0 Å². The van der Waals surface area contributed by atoms with Gasteiger partial charge in [-0.05, 0) is 13.8 Å². The van der Waals surface area contributed by atoms with Crippen LogP contribution in [0.25, 0.3) is 0 Å². The molecule has 0 bridgehead atoms. The minimum absolute atomic E-state index is 0.449. The third-order valence-corrected chi connectivity index (χ3v) is 4.63. The minimum atomic E-state index is -1.22. The van der Waals surface area contributed by atoms with E-state index in [4.69, 9.17) is 33.2 Å². The lowest BCUT2D eigenvalue weighted by Gasteiger charge is -2.45. The summed E-state index contributed by atoms with van der Waals surface area (Å²) in [6, 6.07) is 0. The molecule has 7 heteroatoms. The van der Waals surface area contributed by atoms with Gasteiger partial charge in [0.1, 0.15) is 24.4 Å².